The third kappa shape index (κ3) is 2.88. The Balaban J connectivity index is 2.22. The Morgan fingerprint density at radius 3 is 2.35 bits per heavy atom. The van der Waals surface area contributed by atoms with E-state index in [0.717, 1.165) is 11.1 Å². The van der Waals surface area contributed by atoms with Gasteiger partial charge in [-0.05, 0) is 23.3 Å². The van der Waals surface area contributed by atoms with Crippen molar-refractivity contribution >= 4 is 12.2 Å². The van der Waals surface area contributed by atoms with Gasteiger partial charge in [-0.1, -0.05) is 48.6 Å². The van der Waals surface area contributed by atoms with Crippen molar-refractivity contribution in [3.63, 3.8) is 0 Å². The standard InChI is InChI=1S/C15H14O2/c1-17-15-11-13(9-10-14(15)16)8-7-12-5-3-2-4-6-12/h2-11,16H,1H3/b8-7+. The minimum atomic E-state index is 0.157. The zero-order valence-electron chi connectivity index (χ0n) is 9.63. The second-order valence-corrected chi connectivity index (χ2v) is 3.68. The van der Waals surface area contributed by atoms with Crippen molar-refractivity contribution in [3.05, 3.63) is 59.7 Å². The number of phenolic OH excluding ortho intramolecular Hbond substituents is 1. The predicted molar refractivity (Wildman–Crippen MR) is 70.0 cm³/mol. The highest BCUT2D eigenvalue weighted by molar-refractivity contribution is 5.70. The van der Waals surface area contributed by atoms with Crippen LogP contribution >= 0.6 is 0 Å². The number of benzene rings is 2. The molecule has 0 fully saturated rings. The molecule has 0 saturated carbocycles. The van der Waals surface area contributed by atoms with Crippen molar-refractivity contribution in [2.24, 2.45) is 0 Å². The van der Waals surface area contributed by atoms with E-state index in [1.165, 1.54) is 0 Å². The van der Waals surface area contributed by atoms with E-state index in [1.807, 2.05) is 48.6 Å². The summed E-state index contributed by atoms with van der Waals surface area (Å²) in [5.74, 6) is 0.643. The van der Waals surface area contributed by atoms with Crippen LogP contribution in [0.3, 0.4) is 0 Å². The summed E-state index contributed by atoms with van der Waals surface area (Å²) in [5.41, 5.74) is 2.13. The van der Waals surface area contributed by atoms with Crippen LogP contribution < -0.4 is 4.74 Å². The van der Waals surface area contributed by atoms with Gasteiger partial charge in [0, 0.05) is 0 Å². The Hall–Kier alpha value is -2.22. The highest BCUT2D eigenvalue weighted by Gasteiger charge is 1.99. The second kappa shape index (κ2) is 5.21. The van der Waals surface area contributed by atoms with Gasteiger partial charge in [-0.25, -0.2) is 0 Å². The van der Waals surface area contributed by atoms with Gasteiger partial charge in [-0.3, -0.25) is 0 Å². The third-order valence-electron chi connectivity index (χ3n) is 2.47. The summed E-state index contributed by atoms with van der Waals surface area (Å²) >= 11 is 0. The molecule has 0 spiro atoms. The number of phenols is 1. The Morgan fingerprint density at radius 2 is 1.65 bits per heavy atom. The molecular formula is C15H14O2. The maximum Gasteiger partial charge on any atom is 0.161 e. The minimum absolute atomic E-state index is 0.157. The van der Waals surface area contributed by atoms with Gasteiger partial charge in [0.05, 0.1) is 7.11 Å². The molecule has 0 amide bonds. The molecule has 0 aromatic heterocycles. The molecule has 2 heteroatoms. The van der Waals surface area contributed by atoms with Crippen molar-refractivity contribution in [2.45, 2.75) is 0 Å². The minimum Gasteiger partial charge on any atom is -0.504 e. The number of hydrogen-bond acceptors (Lipinski definition) is 2. The van der Waals surface area contributed by atoms with E-state index in [4.69, 9.17) is 4.74 Å². The summed E-state index contributed by atoms with van der Waals surface area (Å²) in [4.78, 5) is 0. The Bertz CT molecular complexity index is 516. The highest BCUT2D eigenvalue weighted by atomic mass is 16.5. The molecule has 2 nitrogen and oxygen atoms in total. The number of methoxy groups -OCH3 is 1. The first kappa shape index (κ1) is 11.3. The molecule has 0 radical (unpaired) electrons. The van der Waals surface area contributed by atoms with Crippen LogP contribution in [0.2, 0.25) is 0 Å². The van der Waals surface area contributed by atoms with Crippen molar-refractivity contribution < 1.29 is 9.84 Å². The molecule has 2 aromatic rings. The lowest BCUT2D eigenvalue weighted by atomic mass is 10.1. The fourth-order valence-electron chi connectivity index (χ4n) is 1.55. The van der Waals surface area contributed by atoms with Gasteiger partial charge in [0.1, 0.15) is 0 Å². The van der Waals surface area contributed by atoms with Gasteiger partial charge >= 0.3 is 0 Å². The summed E-state index contributed by atoms with van der Waals surface area (Å²) in [6, 6.07) is 15.3. The molecule has 0 aliphatic heterocycles. The normalized spacial score (nSPS) is 10.6. The van der Waals surface area contributed by atoms with Gasteiger partial charge in [0.2, 0.25) is 0 Å². The quantitative estimate of drug-likeness (QED) is 0.811. The number of aromatic hydroxyl groups is 1. The SMILES string of the molecule is COc1cc(/C=C/c2ccccc2)ccc1O. The summed E-state index contributed by atoms with van der Waals surface area (Å²) in [6.07, 6.45) is 4.00. The first-order chi connectivity index (χ1) is 8.29. The van der Waals surface area contributed by atoms with Crippen LogP contribution in [0.15, 0.2) is 48.5 Å². The van der Waals surface area contributed by atoms with E-state index in [-0.39, 0.29) is 5.75 Å². The van der Waals surface area contributed by atoms with E-state index in [0.29, 0.717) is 5.75 Å². The first-order valence-electron chi connectivity index (χ1n) is 5.40. The Morgan fingerprint density at radius 1 is 0.941 bits per heavy atom. The van der Waals surface area contributed by atoms with Crippen LogP contribution in [0.4, 0.5) is 0 Å². The van der Waals surface area contributed by atoms with E-state index in [2.05, 4.69) is 0 Å². The summed E-state index contributed by atoms with van der Waals surface area (Å²) < 4.78 is 5.05. The molecule has 0 saturated heterocycles. The molecule has 17 heavy (non-hydrogen) atoms. The molecule has 2 aromatic carbocycles. The topological polar surface area (TPSA) is 29.5 Å². The average molecular weight is 226 g/mol. The Labute approximate surface area is 101 Å². The first-order valence-corrected chi connectivity index (χ1v) is 5.40. The number of rotatable bonds is 3. The van der Waals surface area contributed by atoms with Crippen LogP contribution in [0.25, 0.3) is 12.2 Å². The van der Waals surface area contributed by atoms with E-state index < -0.39 is 0 Å². The Kier molecular flexibility index (Phi) is 3.46. The van der Waals surface area contributed by atoms with Crippen LogP contribution in [0.1, 0.15) is 11.1 Å². The second-order valence-electron chi connectivity index (χ2n) is 3.68. The lowest BCUT2D eigenvalue weighted by Crippen LogP contribution is -1.84. The van der Waals surface area contributed by atoms with E-state index >= 15 is 0 Å². The molecule has 86 valence electrons. The van der Waals surface area contributed by atoms with Crippen molar-refractivity contribution in [2.75, 3.05) is 7.11 Å². The van der Waals surface area contributed by atoms with Crippen LogP contribution in [0, 0.1) is 0 Å². The van der Waals surface area contributed by atoms with Crippen molar-refractivity contribution in [1.29, 1.82) is 0 Å². The summed E-state index contributed by atoms with van der Waals surface area (Å²) in [5, 5.41) is 9.47. The molecule has 0 unspecified atom stereocenters. The zero-order chi connectivity index (χ0) is 12.1. The van der Waals surface area contributed by atoms with E-state index in [1.54, 1.807) is 19.2 Å². The highest BCUT2D eigenvalue weighted by Crippen LogP contribution is 2.26. The molecule has 0 bridgehead atoms. The molecule has 1 N–H and O–H groups in total. The molecule has 0 aliphatic rings. The lowest BCUT2D eigenvalue weighted by molar-refractivity contribution is 0.373. The number of hydrogen-bond donors (Lipinski definition) is 1. The van der Waals surface area contributed by atoms with Crippen LogP contribution in [-0.4, -0.2) is 12.2 Å². The van der Waals surface area contributed by atoms with Crippen molar-refractivity contribution in [3.8, 4) is 11.5 Å². The molecular weight excluding hydrogens is 212 g/mol. The third-order valence-corrected chi connectivity index (χ3v) is 2.47. The lowest BCUT2D eigenvalue weighted by Gasteiger charge is -2.03. The maximum absolute atomic E-state index is 9.47. The smallest absolute Gasteiger partial charge is 0.161 e. The monoisotopic (exact) mass is 226 g/mol. The van der Waals surface area contributed by atoms with E-state index in [9.17, 15) is 5.11 Å². The zero-order valence-corrected chi connectivity index (χ0v) is 9.63. The molecule has 0 heterocycles. The number of ether oxygens (including phenoxy) is 1. The fraction of sp³-hybridized carbons (Fsp3) is 0.0667. The molecule has 0 aliphatic carbocycles. The van der Waals surface area contributed by atoms with Gasteiger partial charge in [-0.2, -0.15) is 0 Å². The predicted octanol–water partition coefficient (Wildman–Crippen LogP) is 3.57. The van der Waals surface area contributed by atoms with Gasteiger partial charge < -0.3 is 9.84 Å². The van der Waals surface area contributed by atoms with Crippen molar-refractivity contribution in [1.82, 2.24) is 0 Å². The van der Waals surface area contributed by atoms with Crippen LogP contribution in [-0.2, 0) is 0 Å². The van der Waals surface area contributed by atoms with Gasteiger partial charge in [-0.15, -0.1) is 0 Å². The maximum atomic E-state index is 9.47. The van der Waals surface area contributed by atoms with Gasteiger partial charge in [0.15, 0.2) is 11.5 Å². The van der Waals surface area contributed by atoms with Gasteiger partial charge in [0.25, 0.3) is 0 Å². The fourth-order valence-corrected chi connectivity index (χ4v) is 1.55. The molecule has 0 atom stereocenters. The average Bonchev–Trinajstić information content (AvgIpc) is 2.39. The largest absolute Gasteiger partial charge is 0.504 e. The summed E-state index contributed by atoms with van der Waals surface area (Å²) in [6.45, 7) is 0. The molecule has 2 rings (SSSR count). The van der Waals surface area contributed by atoms with Crippen LogP contribution in [0.5, 0.6) is 11.5 Å². The summed E-state index contributed by atoms with van der Waals surface area (Å²) in [7, 11) is 1.54.